The molecular weight excluding hydrogens is 303 g/mol. The van der Waals surface area contributed by atoms with Gasteiger partial charge in [0.25, 0.3) is 0 Å². The van der Waals surface area contributed by atoms with E-state index in [4.69, 9.17) is 17.3 Å². The standard InChI is InChI=1S/C15H13ClF3NO/c16-14-9(4-3-6-11(14)17)8-12(20)10-5-1-2-7-13(10)21-15(18)19/h1-7,12,15H,8,20H2. The molecule has 2 aromatic carbocycles. The number of halogens is 4. The molecule has 2 N–H and O–H groups in total. The normalized spacial score (nSPS) is 12.5. The maximum atomic E-state index is 13.4. The van der Waals surface area contributed by atoms with Crippen molar-refractivity contribution in [1.82, 2.24) is 0 Å². The fourth-order valence-corrected chi connectivity index (χ4v) is 2.25. The van der Waals surface area contributed by atoms with E-state index < -0.39 is 18.5 Å². The highest BCUT2D eigenvalue weighted by atomic mass is 35.5. The Morgan fingerprint density at radius 1 is 1.10 bits per heavy atom. The molecule has 21 heavy (non-hydrogen) atoms. The molecular formula is C15H13ClF3NO. The second-order valence-electron chi connectivity index (χ2n) is 4.44. The first-order valence-corrected chi connectivity index (χ1v) is 6.59. The third-order valence-corrected chi connectivity index (χ3v) is 3.43. The number of para-hydroxylation sites is 1. The molecule has 0 aliphatic rings. The molecule has 0 saturated carbocycles. The third-order valence-electron chi connectivity index (χ3n) is 3.01. The summed E-state index contributed by atoms with van der Waals surface area (Å²) in [5, 5.41) is -0.0137. The summed E-state index contributed by atoms with van der Waals surface area (Å²) in [6.45, 7) is -2.93. The summed E-state index contributed by atoms with van der Waals surface area (Å²) in [6, 6.07) is 10.0. The minimum absolute atomic E-state index is 0.00697. The average Bonchev–Trinajstić information content (AvgIpc) is 2.44. The fourth-order valence-electron chi connectivity index (χ4n) is 2.04. The first-order valence-electron chi connectivity index (χ1n) is 6.21. The fraction of sp³-hybridized carbons (Fsp3) is 0.200. The van der Waals surface area contributed by atoms with E-state index in [9.17, 15) is 13.2 Å². The zero-order valence-corrected chi connectivity index (χ0v) is 11.7. The van der Waals surface area contributed by atoms with Crippen LogP contribution in [0.2, 0.25) is 5.02 Å². The van der Waals surface area contributed by atoms with Gasteiger partial charge in [0, 0.05) is 11.6 Å². The Morgan fingerprint density at radius 3 is 2.52 bits per heavy atom. The zero-order valence-electron chi connectivity index (χ0n) is 10.9. The van der Waals surface area contributed by atoms with E-state index in [0.717, 1.165) is 0 Å². The van der Waals surface area contributed by atoms with Crippen molar-refractivity contribution in [2.45, 2.75) is 19.1 Å². The summed E-state index contributed by atoms with van der Waals surface area (Å²) in [5.41, 5.74) is 6.94. The van der Waals surface area contributed by atoms with Crippen LogP contribution in [0.1, 0.15) is 17.2 Å². The topological polar surface area (TPSA) is 35.2 Å². The van der Waals surface area contributed by atoms with Crippen LogP contribution in [-0.4, -0.2) is 6.61 Å². The van der Waals surface area contributed by atoms with Gasteiger partial charge in [-0.15, -0.1) is 0 Å². The molecule has 0 aromatic heterocycles. The quantitative estimate of drug-likeness (QED) is 0.891. The van der Waals surface area contributed by atoms with Crippen LogP contribution in [0.25, 0.3) is 0 Å². The molecule has 0 fully saturated rings. The molecule has 0 heterocycles. The lowest BCUT2D eigenvalue weighted by Gasteiger charge is -2.17. The molecule has 0 saturated heterocycles. The SMILES string of the molecule is NC(Cc1cccc(F)c1Cl)c1ccccc1OC(F)F. The molecule has 2 aromatic rings. The largest absolute Gasteiger partial charge is 0.434 e. The van der Waals surface area contributed by atoms with Gasteiger partial charge in [-0.05, 0) is 24.1 Å². The molecule has 2 nitrogen and oxygen atoms in total. The molecule has 1 unspecified atom stereocenters. The summed E-state index contributed by atoms with van der Waals surface area (Å²) < 4.78 is 42.6. The Morgan fingerprint density at radius 2 is 1.81 bits per heavy atom. The van der Waals surface area contributed by atoms with E-state index in [2.05, 4.69) is 4.74 Å². The van der Waals surface area contributed by atoms with Crippen LogP contribution in [0.5, 0.6) is 5.75 Å². The van der Waals surface area contributed by atoms with Crippen LogP contribution in [0, 0.1) is 5.82 Å². The number of ether oxygens (including phenoxy) is 1. The highest BCUT2D eigenvalue weighted by Crippen LogP contribution is 2.29. The Hall–Kier alpha value is -1.72. The molecule has 1 atom stereocenters. The molecule has 0 bridgehead atoms. The van der Waals surface area contributed by atoms with Crippen molar-refractivity contribution >= 4 is 11.6 Å². The summed E-state index contributed by atoms with van der Waals surface area (Å²) in [7, 11) is 0. The number of alkyl halides is 2. The number of hydrogen-bond acceptors (Lipinski definition) is 2. The number of hydrogen-bond donors (Lipinski definition) is 1. The Bertz CT molecular complexity index is 622. The van der Waals surface area contributed by atoms with Gasteiger partial charge in [-0.3, -0.25) is 0 Å². The first kappa shape index (κ1) is 15.7. The second-order valence-corrected chi connectivity index (χ2v) is 4.82. The van der Waals surface area contributed by atoms with Gasteiger partial charge in [-0.2, -0.15) is 8.78 Å². The minimum atomic E-state index is -2.93. The Balaban J connectivity index is 2.24. The van der Waals surface area contributed by atoms with Gasteiger partial charge in [0.15, 0.2) is 0 Å². The van der Waals surface area contributed by atoms with E-state index in [1.807, 2.05) is 0 Å². The highest BCUT2D eigenvalue weighted by Gasteiger charge is 2.17. The van der Waals surface area contributed by atoms with Crippen LogP contribution in [0.15, 0.2) is 42.5 Å². The first-order chi connectivity index (χ1) is 9.99. The van der Waals surface area contributed by atoms with Gasteiger partial charge < -0.3 is 10.5 Å². The number of nitrogens with two attached hydrogens (primary N) is 1. The smallest absolute Gasteiger partial charge is 0.387 e. The molecule has 112 valence electrons. The van der Waals surface area contributed by atoms with Gasteiger partial charge in [-0.1, -0.05) is 41.9 Å². The third kappa shape index (κ3) is 3.89. The van der Waals surface area contributed by atoms with Crippen molar-refractivity contribution in [2.24, 2.45) is 5.73 Å². The van der Waals surface area contributed by atoms with E-state index in [1.165, 1.54) is 18.2 Å². The van der Waals surface area contributed by atoms with Gasteiger partial charge in [-0.25, -0.2) is 4.39 Å². The second kappa shape index (κ2) is 6.83. The van der Waals surface area contributed by atoms with E-state index in [0.29, 0.717) is 11.1 Å². The average molecular weight is 316 g/mol. The molecule has 0 aliphatic carbocycles. The van der Waals surface area contributed by atoms with Crippen LogP contribution in [0.4, 0.5) is 13.2 Å². The van der Waals surface area contributed by atoms with Crippen molar-refractivity contribution in [3.63, 3.8) is 0 Å². The van der Waals surface area contributed by atoms with Crippen molar-refractivity contribution in [3.8, 4) is 5.75 Å². The number of rotatable bonds is 5. The molecule has 0 spiro atoms. The summed E-state index contributed by atoms with van der Waals surface area (Å²) in [5.74, 6) is -0.536. The van der Waals surface area contributed by atoms with Crippen molar-refractivity contribution < 1.29 is 17.9 Å². The Kier molecular flexibility index (Phi) is 5.09. The molecule has 2 rings (SSSR count). The monoisotopic (exact) mass is 315 g/mol. The van der Waals surface area contributed by atoms with Crippen LogP contribution >= 0.6 is 11.6 Å². The maximum Gasteiger partial charge on any atom is 0.387 e. The van der Waals surface area contributed by atoms with Gasteiger partial charge in [0.05, 0.1) is 5.02 Å². The van der Waals surface area contributed by atoms with Gasteiger partial charge >= 0.3 is 6.61 Å². The van der Waals surface area contributed by atoms with Crippen molar-refractivity contribution in [1.29, 1.82) is 0 Å². The minimum Gasteiger partial charge on any atom is -0.434 e. The van der Waals surface area contributed by atoms with E-state index in [1.54, 1.807) is 24.3 Å². The predicted octanol–water partition coefficient (Wildman–Crippen LogP) is 4.32. The summed E-state index contributed by atoms with van der Waals surface area (Å²) >= 11 is 5.87. The van der Waals surface area contributed by atoms with Gasteiger partial charge in [0.1, 0.15) is 11.6 Å². The van der Waals surface area contributed by atoms with Crippen molar-refractivity contribution in [3.05, 3.63) is 64.4 Å². The van der Waals surface area contributed by atoms with Gasteiger partial charge in [0.2, 0.25) is 0 Å². The van der Waals surface area contributed by atoms with Crippen LogP contribution in [-0.2, 0) is 6.42 Å². The molecule has 0 aliphatic heterocycles. The maximum absolute atomic E-state index is 13.4. The number of benzene rings is 2. The zero-order chi connectivity index (χ0) is 15.4. The van der Waals surface area contributed by atoms with E-state index >= 15 is 0 Å². The van der Waals surface area contributed by atoms with Crippen LogP contribution in [0.3, 0.4) is 0 Å². The summed E-state index contributed by atoms with van der Waals surface area (Å²) in [6.07, 6.45) is 0.209. The van der Waals surface area contributed by atoms with Crippen LogP contribution < -0.4 is 10.5 Å². The molecule has 0 radical (unpaired) electrons. The van der Waals surface area contributed by atoms with Crippen molar-refractivity contribution in [2.75, 3.05) is 0 Å². The summed E-state index contributed by atoms with van der Waals surface area (Å²) in [4.78, 5) is 0. The molecule has 6 heteroatoms. The lowest BCUT2D eigenvalue weighted by Crippen LogP contribution is -2.16. The lowest BCUT2D eigenvalue weighted by atomic mass is 9.99. The molecule has 0 amide bonds. The lowest BCUT2D eigenvalue weighted by molar-refractivity contribution is -0.0506. The highest BCUT2D eigenvalue weighted by molar-refractivity contribution is 6.31. The Labute approximate surface area is 125 Å². The predicted molar refractivity (Wildman–Crippen MR) is 75.1 cm³/mol. The van der Waals surface area contributed by atoms with E-state index in [-0.39, 0.29) is 17.2 Å².